The van der Waals surface area contributed by atoms with Gasteiger partial charge in [0.15, 0.2) is 0 Å². The van der Waals surface area contributed by atoms with Crippen LogP contribution in [-0.2, 0) is 0 Å². The molecule has 0 N–H and O–H groups in total. The number of aromatic nitrogens is 2. The van der Waals surface area contributed by atoms with Gasteiger partial charge in [-0.1, -0.05) is 114 Å². The Kier molecular flexibility index (Phi) is 6.33. The summed E-state index contributed by atoms with van der Waals surface area (Å²) in [5.41, 5.74) is 4.17. The maximum absolute atomic E-state index is 9.66. The Hall–Kier alpha value is -2.56. The van der Waals surface area contributed by atoms with Gasteiger partial charge < -0.3 is 0 Å². The lowest BCUT2D eigenvalue weighted by atomic mass is 9.60. The first kappa shape index (κ1) is 25.2. The van der Waals surface area contributed by atoms with Gasteiger partial charge in [-0.2, -0.15) is 0 Å². The molecule has 4 heteroatoms. The lowest BCUT2D eigenvalue weighted by molar-refractivity contribution is 0.0969. The van der Waals surface area contributed by atoms with Gasteiger partial charge in [-0.15, -0.1) is 11.3 Å². The monoisotopic (exact) mass is 566 g/mol. The molecular formula is C36H44N2SSi. The van der Waals surface area contributed by atoms with Gasteiger partial charge >= 0.3 is 0 Å². The van der Waals surface area contributed by atoms with Crippen LogP contribution < -0.4 is 5.19 Å². The molecule has 0 aliphatic heterocycles. The first-order chi connectivity index (χ1) is 19.8. The molecule has 208 valence electrons. The lowest BCUT2D eigenvalue weighted by Crippen LogP contribution is -2.46. The van der Waals surface area contributed by atoms with E-state index in [-0.39, 0.29) is 17.1 Å². The van der Waals surface area contributed by atoms with Gasteiger partial charge in [-0.25, -0.2) is 9.97 Å². The summed E-state index contributed by atoms with van der Waals surface area (Å²) in [4.78, 5) is 9.45. The van der Waals surface area contributed by atoms with Crippen LogP contribution in [0.15, 0.2) is 60.9 Å². The average molecular weight is 567 g/mol. The van der Waals surface area contributed by atoms with Gasteiger partial charge in [-0.3, -0.25) is 0 Å². The first-order valence-electron chi connectivity index (χ1n) is 16.1. The zero-order chi connectivity index (χ0) is 30.1. The summed E-state index contributed by atoms with van der Waals surface area (Å²) < 4.78 is 20.4. The molecule has 0 spiro atoms. The summed E-state index contributed by atoms with van der Waals surface area (Å²) in [5, 5.41) is 5.20. The standard InChI is InChI=1S/C36H44N2SSi/c1-8-40(9-2,10-3)31-19-26(17-25-13-11-12-14-28(25)31)32-34-33(38-23-37-32)29-16-15-24(18-30(29)39-34)27-20-35(4,5)22-36(6,7)21-27/h11-19,23,27H,8-10,20-22H2,1-7H3/i23D,27D. The maximum atomic E-state index is 9.66. The molecule has 0 amide bonds. The third-order valence-corrected chi connectivity index (χ3v) is 16.5. The number of hydrogen-bond donors (Lipinski definition) is 0. The fraction of sp³-hybridized carbons (Fsp3) is 0.444. The maximum Gasteiger partial charge on any atom is 0.116 e. The van der Waals surface area contributed by atoms with Crippen molar-refractivity contribution in [2.75, 3.05) is 0 Å². The Morgan fingerprint density at radius 2 is 1.60 bits per heavy atom. The highest BCUT2D eigenvalue weighted by atomic mass is 32.1. The van der Waals surface area contributed by atoms with E-state index in [1.54, 1.807) is 11.3 Å². The predicted molar refractivity (Wildman–Crippen MR) is 179 cm³/mol. The van der Waals surface area contributed by atoms with Crippen molar-refractivity contribution in [1.82, 2.24) is 9.97 Å². The van der Waals surface area contributed by atoms with Gasteiger partial charge in [0.1, 0.15) is 7.67 Å². The smallest absolute Gasteiger partial charge is 0.116 e. The molecule has 1 fully saturated rings. The highest BCUT2D eigenvalue weighted by Gasteiger charge is 2.39. The molecule has 5 aromatic rings. The second kappa shape index (κ2) is 10.1. The third kappa shape index (κ3) is 4.71. The summed E-state index contributed by atoms with van der Waals surface area (Å²) in [5.74, 6) is -0.619. The number of benzene rings is 3. The summed E-state index contributed by atoms with van der Waals surface area (Å²) >= 11 is 1.72. The van der Waals surface area contributed by atoms with Crippen molar-refractivity contribution in [1.29, 1.82) is 0 Å². The molecule has 2 aromatic heterocycles. The Labute approximate surface area is 248 Å². The predicted octanol–water partition coefficient (Wildman–Crippen LogP) is 10.7. The van der Waals surface area contributed by atoms with Crippen molar-refractivity contribution in [2.45, 2.75) is 91.8 Å². The molecular weight excluding hydrogens is 521 g/mol. The lowest BCUT2D eigenvalue weighted by Gasteiger charge is -2.45. The van der Waals surface area contributed by atoms with Gasteiger partial charge in [0.05, 0.1) is 24.0 Å². The zero-order valence-electron chi connectivity index (χ0n) is 27.2. The number of rotatable bonds is 6. The zero-order valence-corrected chi connectivity index (χ0v) is 27.1. The van der Waals surface area contributed by atoms with E-state index < -0.39 is 14.0 Å². The van der Waals surface area contributed by atoms with Crippen molar-refractivity contribution in [3.05, 3.63) is 66.5 Å². The molecule has 3 aromatic carbocycles. The normalized spacial score (nSPS) is 19.2. The fourth-order valence-electron chi connectivity index (χ4n) is 8.00. The Morgan fingerprint density at radius 3 is 2.30 bits per heavy atom. The number of hydrogen-bond acceptors (Lipinski definition) is 3. The van der Waals surface area contributed by atoms with Gasteiger partial charge in [0.2, 0.25) is 0 Å². The van der Waals surface area contributed by atoms with Crippen LogP contribution in [0.1, 0.15) is 81.9 Å². The fourth-order valence-corrected chi connectivity index (χ4v) is 13.1. The van der Waals surface area contributed by atoms with Crippen LogP contribution in [-0.4, -0.2) is 18.0 Å². The molecule has 0 unspecified atom stereocenters. The SMILES string of the molecule is [2H]c1nc(-c2cc([Si](CC)(CC)CC)c3ccccc3c2)c2sc3cc(C4([2H])CC(C)(C)CC(C)(C)C4)ccc3c2n1. The van der Waals surface area contributed by atoms with Crippen molar-refractivity contribution >= 4 is 55.7 Å². The molecule has 0 radical (unpaired) electrons. The van der Waals surface area contributed by atoms with Crippen molar-refractivity contribution in [3.63, 3.8) is 0 Å². The van der Waals surface area contributed by atoms with Crippen molar-refractivity contribution < 1.29 is 2.74 Å². The van der Waals surface area contributed by atoms with E-state index in [1.165, 1.54) is 34.1 Å². The molecule has 6 rings (SSSR count). The third-order valence-electron chi connectivity index (χ3n) is 9.69. The highest BCUT2D eigenvalue weighted by Crippen LogP contribution is 2.52. The molecule has 0 saturated heterocycles. The molecule has 40 heavy (non-hydrogen) atoms. The molecule has 0 atom stereocenters. The number of thiophene rings is 1. The van der Waals surface area contributed by atoms with Crippen LogP contribution in [0.2, 0.25) is 18.1 Å². The average Bonchev–Trinajstić information content (AvgIpc) is 3.29. The Balaban J connectivity index is 1.56. The Morgan fingerprint density at radius 1 is 0.900 bits per heavy atom. The van der Waals surface area contributed by atoms with Gasteiger partial charge in [-0.05, 0) is 64.5 Å². The summed E-state index contributed by atoms with van der Waals surface area (Å²) in [6.45, 7) is 16.4. The Bertz CT molecular complexity index is 1790. The van der Waals surface area contributed by atoms with Gasteiger partial charge in [0, 0.05) is 17.0 Å². The number of nitrogens with zero attached hydrogens (tertiary/aromatic N) is 2. The number of fused-ring (bicyclic) bond motifs is 4. The van der Waals surface area contributed by atoms with Crippen molar-refractivity contribution in [2.24, 2.45) is 10.8 Å². The van der Waals surface area contributed by atoms with E-state index in [0.717, 1.165) is 56.4 Å². The molecule has 1 aliphatic carbocycles. The van der Waals surface area contributed by atoms with E-state index in [2.05, 4.69) is 108 Å². The summed E-state index contributed by atoms with van der Waals surface area (Å²) in [6, 6.07) is 23.7. The van der Waals surface area contributed by atoms with Crippen molar-refractivity contribution in [3.8, 4) is 11.3 Å². The van der Waals surface area contributed by atoms with E-state index in [0.29, 0.717) is 0 Å². The van der Waals surface area contributed by atoms with E-state index in [1.807, 2.05) is 0 Å². The second-order valence-corrected chi connectivity index (χ2v) is 20.0. The van der Waals surface area contributed by atoms with Crippen LogP contribution in [0.5, 0.6) is 0 Å². The molecule has 2 heterocycles. The quantitative estimate of drug-likeness (QED) is 0.191. The topological polar surface area (TPSA) is 25.8 Å². The van der Waals surface area contributed by atoms with Gasteiger partial charge in [0.25, 0.3) is 0 Å². The highest BCUT2D eigenvalue weighted by molar-refractivity contribution is 7.26. The summed E-state index contributed by atoms with van der Waals surface area (Å²) in [7, 11) is -1.70. The summed E-state index contributed by atoms with van der Waals surface area (Å²) in [6.07, 6.45) is 2.93. The molecule has 0 bridgehead atoms. The first-order valence-corrected chi connectivity index (χ1v) is 18.5. The van der Waals surface area contributed by atoms with E-state index in [4.69, 9.17) is 6.35 Å². The molecule has 1 aliphatic rings. The second-order valence-electron chi connectivity index (χ2n) is 13.7. The molecule has 2 nitrogen and oxygen atoms in total. The van der Waals surface area contributed by atoms with Crippen LogP contribution >= 0.6 is 11.3 Å². The minimum Gasteiger partial charge on any atom is -0.235 e. The van der Waals surface area contributed by atoms with Crippen LogP contribution in [0.4, 0.5) is 0 Å². The van der Waals surface area contributed by atoms with Crippen LogP contribution in [0.25, 0.3) is 42.3 Å². The van der Waals surface area contributed by atoms with E-state index >= 15 is 0 Å². The minimum absolute atomic E-state index is 0.0636. The van der Waals surface area contributed by atoms with Crippen LogP contribution in [0, 0.1) is 10.8 Å². The van der Waals surface area contributed by atoms with E-state index in [9.17, 15) is 1.37 Å². The molecule has 1 saturated carbocycles. The minimum atomic E-state index is -1.70. The van der Waals surface area contributed by atoms with Crippen LogP contribution in [0.3, 0.4) is 0 Å². The largest absolute Gasteiger partial charge is 0.235 e.